The molecule has 0 amide bonds. The summed E-state index contributed by atoms with van der Waals surface area (Å²) in [5.41, 5.74) is 1.26. The lowest BCUT2D eigenvalue weighted by Gasteiger charge is -2.13. The second-order valence-electron chi connectivity index (χ2n) is 4.62. The van der Waals surface area contributed by atoms with Crippen molar-refractivity contribution in [2.75, 3.05) is 0 Å². The molecule has 2 aromatic carbocycles. The van der Waals surface area contributed by atoms with Crippen LogP contribution in [0.4, 0.5) is 4.39 Å². The number of halogens is 2. The normalized spacial score (nSPS) is 12.8. The van der Waals surface area contributed by atoms with Crippen LogP contribution in [0.2, 0.25) is 5.02 Å². The molecule has 3 aromatic rings. The number of thiophene rings is 1. The van der Waals surface area contributed by atoms with Crippen LogP contribution in [0, 0.1) is 5.82 Å². The summed E-state index contributed by atoms with van der Waals surface area (Å²) in [6, 6.07) is 12.6. The van der Waals surface area contributed by atoms with Crippen LogP contribution in [0.3, 0.4) is 0 Å². The van der Waals surface area contributed by atoms with Crippen molar-refractivity contribution in [1.29, 1.82) is 0 Å². The average molecular weight is 307 g/mol. The molecule has 0 spiro atoms. The van der Waals surface area contributed by atoms with Crippen LogP contribution in [0.1, 0.15) is 17.2 Å². The molecule has 3 rings (SSSR count). The predicted molar refractivity (Wildman–Crippen MR) is 81.9 cm³/mol. The molecule has 1 nitrogen and oxygen atoms in total. The third kappa shape index (κ3) is 2.44. The fraction of sp³-hybridized carbons (Fsp3) is 0.125. The zero-order valence-corrected chi connectivity index (χ0v) is 12.1. The van der Waals surface area contributed by atoms with Gasteiger partial charge in [-0.2, -0.15) is 0 Å². The Morgan fingerprint density at radius 1 is 1.15 bits per heavy atom. The van der Waals surface area contributed by atoms with Gasteiger partial charge in [0.1, 0.15) is 5.82 Å². The molecule has 4 heteroatoms. The van der Waals surface area contributed by atoms with E-state index < -0.39 is 11.9 Å². The Hall–Kier alpha value is -1.42. The van der Waals surface area contributed by atoms with Gasteiger partial charge in [-0.25, -0.2) is 4.39 Å². The monoisotopic (exact) mass is 306 g/mol. The van der Waals surface area contributed by atoms with Crippen molar-refractivity contribution in [2.24, 2.45) is 0 Å². The third-order valence-corrected chi connectivity index (χ3v) is 4.58. The van der Waals surface area contributed by atoms with Crippen molar-refractivity contribution >= 4 is 33.0 Å². The lowest BCUT2D eigenvalue weighted by Crippen LogP contribution is -2.04. The van der Waals surface area contributed by atoms with E-state index >= 15 is 0 Å². The largest absolute Gasteiger partial charge is 0.388 e. The summed E-state index contributed by atoms with van der Waals surface area (Å²) in [5.74, 6) is -0.452. The standard InChI is InChI=1S/C16H12ClFOS/c17-13-6-2-4-11(15(13)18)9-14(19)12-5-1-3-10-7-8-20-16(10)12/h1-8,14,19H,9H2. The molecule has 1 N–H and O–H groups in total. The second kappa shape index (κ2) is 5.52. The van der Waals surface area contributed by atoms with Crippen LogP contribution in [-0.4, -0.2) is 5.11 Å². The van der Waals surface area contributed by atoms with Crippen molar-refractivity contribution in [1.82, 2.24) is 0 Å². The van der Waals surface area contributed by atoms with Crippen LogP contribution < -0.4 is 0 Å². The summed E-state index contributed by atoms with van der Waals surface area (Å²) < 4.78 is 14.9. The van der Waals surface area contributed by atoms with Crippen molar-refractivity contribution in [3.05, 3.63) is 69.8 Å². The minimum absolute atomic E-state index is 0.0871. The molecule has 102 valence electrons. The number of hydrogen-bond donors (Lipinski definition) is 1. The van der Waals surface area contributed by atoms with E-state index in [1.807, 2.05) is 29.6 Å². The van der Waals surface area contributed by atoms with Gasteiger partial charge in [0, 0.05) is 11.1 Å². The van der Waals surface area contributed by atoms with Gasteiger partial charge in [0.25, 0.3) is 0 Å². The van der Waals surface area contributed by atoms with Crippen molar-refractivity contribution in [2.45, 2.75) is 12.5 Å². The Morgan fingerprint density at radius 3 is 2.80 bits per heavy atom. The molecule has 0 aliphatic rings. The zero-order chi connectivity index (χ0) is 14.1. The smallest absolute Gasteiger partial charge is 0.145 e. The maximum atomic E-state index is 13.9. The van der Waals surface area contributed by atoms with Gasteiger partial charge in [0.15, 0.2) is 0 Å². The summed E-state index contributed by atoms with van der Waals surface area (Å²) >= 11 is 7.35. The highest BCUT2D eigenvalue weighted by Crippen LogP contribution is 2.31. The summed E-state index contributed by atoms with van der Waals surface area (Å²) in [4.78, 5) is 0. The van der Waals surface area contributed by atoms with Gasteiger partial charge >= 0.3 is 0 Å². The molecule has 0 aliphatic heterocycles. The Balaban J connectivity index is 1.95. The molecule has 0 fully saturated rings. The van der Waals surface area contributed by atoms with Crippen molar-refractivity contribution < 1.29 is 9.50 Å². The molecule has 0 bridgehead atoms. The van der Waals surface area contributed by atoms with E-state index in [0.29, 0.717) is 5.56 Å². The van der Waals surface area contributed by atoms with Crippen molar-refractivity contribution in [3.8, 4) is 0 Å². The van der Waals surface area contributed by atoms with E-state index in [9.17, 15) is 9.50 Å². The number of aliphatic hydroxyl groups is 1. The Kier molecular flexibility index (Phi) is 3.74. The van der Waals surface area contributed by atoms with Crippen LogP contribution in [-0.2, 0) is 6.42 Å². The number of hydrogen-bond acceptors (Lipinski definition) is 2. The maximum Gasteiger partial charge on any atom is 0.145 e. The lowest BCUT2D eigenvalue weighted by atomic mass is 10.00. The van der Waals surface area contributed by atoms with E-state index in [1.165, 1.54) is 6.07 Å². The first-order valence-electron chi connectivity index (χ1n) is 6.24. The first-order chi connectivity index (χ1) is 9.66. The summed E-state index contributed by atoms with van der Waals surface area (Å²) in [6.45, 7) is 0. The number of benzene rings is 2. The summed E-state index contributed by atoms with van der Waals surface area (Å²) in [6.07, 6.45) is -0.533. The van der Waals surface area contributed by atoms with Crippen LogP contribution in [0.15, 0.2) is 47.8 Å². The zero-order valence-electron chi connectivity index (χ0n) is 10.5. The lowest BCUT2D eigenvalue weighted by molar-refractivity contribution is 0.179. The first kappa shape index (κ1) is 13.6. The van der Waals surface area contributed by atoms with E-state index in [2.05, 4.69) is 0 Å². The molecule has 1 atom stereocenters. The molecule has 0 saturated heterocycles. The van der Waals surface area contributed by atoms with Crippen LogP contribution in [0.5, 0.6) is 0 Å². The molecular formula is C16H12ClFOS. The van der Waals surface area contributed by atoms with Gasteiger partial charge in [-0.15, -0.1) is 11.3 Å². The summed E-state index contributed by atoms with van der Waals surface area (Å²) in [7, 11) is 0. The molecule has 0 saturated carbocycles. The maximum absolute atomic E-state index is 13.9. The van der Waals surface area contributed by atoms with Gasteiger partial charge in [-0.05, 0) is 34.0 Å². The van der Waals surface area contributed by atoms with E-state index in [1.54, 1.807) is 23.5 Å². The molecule has 1 unspecified atom stereocenters. The molecular weight excluding hydrogens is 295 g/mol. The van der Waals surface area contributed by atoms with E-state index in [0.717, 1.165) is 15.6 Å². The molecule has 0 aliphatic carbocycles. The summed E-state index contributed by atoms with van der Waals surface area (Å²) in [5, 5.41) is 13.6. The highest BCUT2D eigenvalue weighted by atomic mass is 35.5. The minimum atomic E-state index is -0.745. The van der Waals surface area contributed by atoms with Gasteiger partial charge in [-0.3, -0.25) is 0 Å². The quantitative estimate of drug-likeness (QED) is 0.724. The topological polar surface area (TPSA) is 20.2 Å². The molecule has 0 radical (unpaired) electrons. The highest BCUT2D eigenvalue weighted by Gasteiger charge is 2.16. The van der Waals surface area contributed by atoms with Crippen LogP contribution >= 0.6 is 22.9 Å². The molecule has 20 heavy (non-hydrogen) atoms. The van der Waals surface area contributed by atoms with Crippen LogP contribution in [0.25, 0.3) is 10.1 Å². The average Bonchev–Trinajstić information content (AvgIpc) is 2.92. The number of aliphatic hydroxyl groups excluding tert-OH is 1. The first-order valence-corrected chi connectivity index (χ1v) is 7.49. The van der Waals surface area contributed by atoms with Gasteiger partial charge in [0.05, 0.1) is 11.1 Å². The number of fused-ring (bicyclic) bond motifs is 1. The van der Waals surface area contributed by atoms with E-state index in [4.69, 9.17) is 11.6 Å². The Labute approximate surface area is 125 Å². The molecule has 1 aromatic heterocycles. The number of rotatable bonds is 3. The fourth-order valence-electron chi connectivity index (χ4n) is 2.30. The van der Waals surface area contributed by atoms with E-state index in [-0.39, 0.29) is 11.4 Å². The minimum Gasteiger partial charge on any atom is -0.388 e. The third-order valence-electron chi connectivity index (χ3n) is 3.31. The molecule has 1 heterocycles. The highest BCUT2D eigenvalue weighted by molar-refractivity contribution is 7.17. The Bertz CT molecular complexity index is 753. The predicted octanol–water partition coefficient (Wildman–Crippen LogP) is 4.97. The van der Waals surface area contributed by atoms with Gasteiger partial charge in [0.2, 0.25) is 0 Å². The second-order valence-corrected chi connectivity index (χ2v) is 5.94. The SMILES string of the molecule is OC(Cc1cccc(Cl)c1F)c1cccc2ccsc12. The van der Waals surface area contributed by atoms with Crippen molar-refractivity contribution in [3.63, 3.8) is 0 Å². The Morgan fingerprint density at radius 2 is 1.95 bits per heavy atom. The van der Waals surface area contributed by atoms with Gasteiger partial charge < -0.3 is 5.11 Å². The fourth-order valence-corrected chi connectivity index (χ4v) is 3.46. The van der Waals surface area contributed by atoms with Gasteiger partial charge in [-0.1, -0.05) is 41.9 Å².